The van der Waals surface area contributed by atoms with Gasteiger partial charge in [-0.25, -0.2) is 4.79 Å². The summed E-state index contributed by atoms with van der Waals surface area (Å²) in [6.07, 6.45) is 0. The molecule has 2 rings (SSSR count). The van der Waals surface area contributed by atoms with Gasteiger partial charge in [0.25, 0.3) is 0 Å². The van der Waals surface area contributed by atoms with E-state index in [0.717, 1.165) is 0 Å². The first-order chi connectivity index (χ1) is 8.56. The fourth-order valence-corrected chi connectivity index (χ4v) is 1.55. The average molecular weight is 251 g/mol. The second-order valence-corrected chi connectivity index (χ2v) is 3.87. The maximum Gasteiger partial charge on any atom is 0.372 e. The van der Waals surface area contributed by atoms with Crippen LogP contribution in [0.4, 0.5) is 0 Å². The lowest BCUT2D eigenvalue weighted by Crippen LogP contribution is -2.12. The Hall–Kier alpha value is -2.15. The summed E-state index contributed by atoms with van der Waals surface area (Å²) in [5.41, 5.74) is 0.605. The number of nitrogens with one attached hydrogen (secondary N) is 1. The van der Waals surface area contributed by atoms with Gasteiger partial charge < -0.3 is 19.4 Å². The third kappa shape index (κ3) is 2.75. The Morgan fingerprint density at radius 2 is 2.22 bits per heavy atom. The van der Waals surface area contributed by atoms with Crippen LogP contribution in [0, 0.1) is 13.8 Å². The minimum Gasteiger partial charge on any atom is -0.475 e. The van der Waals surface area contributed by atoms with E-state index in [-0.39, 0.29) is 5.76 Å². The molecule has 7 nitrogen and oxygen atoms in total. The summed E-state index contributed by atoms with van der Waals surface area (Å²) < 4.78 is 10.1. The Labute approximate surface area is 103 Å². The van der Waals surface area contributed by atoms with Crippen molar-refractivity contribution in [3.63, 3.8) is 0 Å². The van der Waals surface area contributed by atoms with Crippen LogP contribution in [0.1, 0.15) is 33.6 Å². The van der Waals surface area contributed by atoms with Gasteiger partial charge in [-0.2, -0.15) is 4.98 Å². The lowest BCUT2D eigenvalue weighted by Gasteiger charge is -1.97. The monoisotopic (exact) mass is 251 g/mol. The van der Waals surface area contributed by atoms with Gasteiger partial charge in [0.2, 0.25) is 11.7 Å². The lowest BCUT2D eigenvalue weighted by molar-refractivity contribution is 0.0659. The Bertz CT molecular complexity index is 558. The molecule has 7 heteroatoms. The number of hydrogen-bond donors (Lipinski definition) is 2. The van der Waals surface area contributed by atoms with Crippen LogP contribution in [-0.2, 0) is 13.1 Å². The summed E-state index contributed by atoms with van der Waals surface area (Å²) in [5.74, 6) is 0.524. The molecule has 0 atom stereocenters. The third-order valence-electron chi connectivity index (χ3n) is 2.31. The lowest BCUT2D eigenvalue weighted by atomic mass is 10.2. The Morgan fingerprint density at radius 3 is 2.78 bits per heavy atom. The molecule has 96 valence electrons. The molecule has 2 aromatic heterocycles. The molecule has 2 aromatic rings. The molecule has 2 N–H and O–H groups in total. The van der Waals surface area contributed by atoms with Gasteiger partial charge in [0, 0.05) is 5.56 Å². The zero-order valence-electron chi connectivity index (χ0n) is 10.1. The van der Waals surface area contributed by atoms with E-state index in [2.05, 4.69) is 15.5 Å². The van der Waals surface area contributed by atoms with E-state index in [1.807, 2.05) is 0 Å². The molecule has 2 heterocycles. The Morgan fingerprint density at radius 1 is 1.44 bits per heavy atom. The van der Waals surface area contributed by atoms with Crippen LogP contribution in [0.2, 0.25) is 0 Å². The summed E-state index contributed by atoms with van der Waals surface area (Å²) in [6, 6.07) is 1.69. The molecule has 0 aliphatic rings. The minimum absolute atomic E-state index is 0.0274. The highest BCUT2D eigenvalue weighted by molar-refractivity contribution is 5.86. The number of carboxylic acid groups (broad SMARTS) is 1. The topological polar surface area (TPSA) is 101 Å². The second kappa shape index (κ2) is 5.01. The van der Waals surface area contributed by atoms with Gasteiger partial charge in [0.1, 0.15) is 5.76 Å². The number of carboxylic acids is 1. The van der Waals surface area contributed by atoms with Gasteiger partial charge in [-0.15, -0.1) is 0 Å². The van der Waals surface area contributed by atoms with E-state index in [4.69, 9.17) is 14.0 Å². The zero-order chi connectivity index (χ0) is 13.1. The number of carbonyl (C=O) groups is 1. The van der Waals surface area contributed by atoms with Crippen LogP contribution in [0.25, 0.3) is 0 Å². The fraction of sp³-hybridized carbons (Fsp3) is 0.364. The molecule has 0 saturated carbocycles. The van der Waals surface area contributed by atoms with Gasteiger partial charge >= 0.3 is 5.97 Å². The average Bonchev–Trinajstić information content (AvgIpc) is 2.85. The summed E-state index contributed by atoms with van der Waals surface area (Å²) in [4.78, 5) is 14.8. The van der Waals surface area contributed by atoms with Crippen LogP contribution in [-0.4, -0.2) is 21.2 Å². The van der Waals surface area contributed by atoms with Crippen molar-refractivity contribution < 1.29 is 18.8 Å². The first-order valence-corrected chi connectivity index (χ1v) is 5.39. The van der Waals surface area contributed by atoms with E-state index in [1.54, 1.807) is 19.9 Å². The number of aromatic carboxylic acids is 1. The van der Waals surface area contributed by atoms with Crippen molar-refractivity contribution in [1.82, 2.24) is 15.5 Å². The smallest absolute Gasteiger partial charge is 0.372 e. The predicted octanol–water partition coefficient (Wildman–Crippen LogP) is 1.27. The first-order valence-electron chi connectivity index (χ1n) is 5.39. The summed E-state index contributed by atoms with van der Waals surface area (Å²) >= 11 is 0. The summed E-state index contributed by atoms with van der Waals surface area (Å²) in [7, 11) is 0. The van der Waals surface area contributed by atoms with Crippen molar-refractivity contribution in [2.75, 3.05) is 0 Å². The molecule has 0 saturated heterocycles. The highest BCUT2D eigenvalue weighted by atomic mass is 16.5. The van der Waals surface area contributed by atoms with Crippen molar-refractivity contribution in [3.05, 3.63) is 34.9 Å². The van der Waals surface area contributed by atoms with Gasteiger partial charge in [0.15, 0.2) is 5.82 Å². The van der Waals surface area contributed by atoms with Crippen LogP contribution in [0.3, 0.4) is 0 Å². The molecule has 0 bridgehead atoms. The van der Waals surface area contributed by atoms with Gasteiger partial charge in [0.05, 0.1) is 13.1 Å². The standard InChI is InChI=1S/C11H13N3O4/c1-6-3-8(17-10(6)11(15)16)4-12-5-9-13-7(2)14-18-9/h3,12H,4-5H2,1-2H3,(H,15,16). The molecule has 0 unspecified atom stereocenters. The van der Waals surface area contributed by atoms with Crippen LogP contribution < -0.4 is 5.32 Å². The normalized spacial score (nSPS) is 10.8. The number of rotatable bonds is 5. The number of aryl methyl sites for hydroxylation is 2. The Kier molecular flexibility index (Phi) is 3.42. The molecule has 0 fully saturated rings. The maximum atomic E-state index is 10.8. The van der Waals surface area contributed by atoms with Gasteiger partial charge in [-0.3, -0.25) is 0 Å². The van der Waals surface area contributed by atoms with Gasteiger partial charge in [-0.1, -0.05) is 5.16 Å². The highest BCUT2D eigenvalue weighted by Crippen LogP contribution is 2.14. The van der Waals surface area contributed by atoms with E-state index in [9.17, 15) is 4.79 Å². The van der Waals surface area contributed by atoms with Crippen molar-refractivity contribution in [3.8, 4) is 0 Å². The number of aromatic nitrogens is 2. The third-order valence-corrected chi connectivity index (χ3v) is 2.31. The first kappa shape index (κ1) is 12.3. The maximum absolute atomic E-state index is 10.8. The summed E-state index contributed by atoms with van der Waals surface area (Å²) in [5, 5.41) is 15.5. The quantitative estimate of drug-likeness (QED) is 0.824. The van der Waals surface area contributed by atoms with Crippen LogP contribution >= 0.6 is 0 Å². The molecule has 0 amide bonds. The number of hydrogen-bond acceptors (Lipinski definition) is 6. The Balaban J connectivity index is 1.90. The summed E-state index contributed by atoms with van der Waals surface area (Å²) in [6.45, 7) is 4.23. The van der Waals surface area contributed by atoms with Crippen molar-refractivity contribution in [2.45, 2.75) is 26.9 Å². The van der Waals surface area contributed by atoms with Crippen molar-refractivity contribution in [1.29, 1.82) is 0 Å². The van der Waals surface area contributed by atoms with Crippen molar-refractivity contribution in [2.24, 2.45) is 0 Å². The molecular formula is C11H13N3O4. The van der Waals surface area contributed by atoms with Gasteiger partial charge in [-0.05, 0) is 19.9 Å². The molecule has 0 aliphatic carbocycles. The van der Waals surface area contributed by atoms with Crippen LogP contribution in [0.15, 0.2) is 15.0 Å². The van der Waals surface area contributed by atoms with Crippen molar-refractivity contribution >= 4 is 5.97 Å². The van der Waals surface area contributed by atoms with Crippen LogP contribution in [0.5, 0.6) is 0 Å². The molecular weight excluding hydrogens is 238 g/mol. The SMILES string of the molecule is Cc1noc(CNCc2cc(C)c(C(=O)O)o2)n1. The molecule has 18 heavy (non-hydrogen) atoms. The predicted molar refractivity (Wildman–Crippen MR) is 60.0 cm³/mol. The minimum atomic E-state index is -1.06. The van der Waals surface area contributed by atoms with E-state index in [0.29, 0.717) is 36.1 Å². The second-order valence-electron chi connectivity index (χ2n) is 3.87. The highest BCUT2D eigenvalue weighted by Gasteiger charge is 2.14. The van der Waals surface area contributed by atoms with E-state index < -0.39 is 5.97 Å². The number of nitrogens with zero attached hydrogens (tertiary/aromatic N) is 2. The molecule has 0 aromatic carbocycles. The molecule has 0 spiro atoms. The number of furan rings is 1. The van der Waals surface area contributed by atoms with E-state index >= 15 is 0 Å². The largest absolute Gasteiger partial charge is 0.475 e. The fourth-order valence-electron chi connectivity index (χ4n) is 1.55. The molecule has 0 aliphatic heterocycles. The zero-order valence-corrected chi connectivity index (χ0v) is 10.1. The molecule has 0 radical (unpaired) electrons. The van der Waals surface area contributed by atoms with E-state index in [1.165, 1.54) is 0 Å².